The highest BCUT2D eigenvalue weighted by molar-refractivity contribution is 5.95. The van der Waals surface area contributed by atoms with Crippen LogP contribution in [0.4, 0.5) is 0 Å². The van der Waals surface area contributed by atoms with Crippen molar-refractivity contribution in [1.82, 2.24) is 0 Å². The van der Waals surface area contributed by atoms with E-state index >= 15 is 0 Å². The summed E-state index contributed by atoms with van der Waals surface area (Å²) in [7, 11) is 7.39. The number of rotatable bonds is 8. The van der Waals surface area contributed by atoms with Crippen molar-refractivity contribution in [3.05, 3.63) is 40.6 Å². The minimum absolute atomic E-state index is 0.0728. The molecule has 0 aliphatic rings. The predicted octanol–water partition coefficient (Wildman–Crippen LogP) is 3.48. The van der Waals surface area contributed by atoms with Gasteiger partial charge in [0, 0.05) is 18.7 Å². The Morgan fingerprint density at radius 3 is 2.00 bits per heavy atom. The fourth-order valence-corrected chi connectivity index (χ4v) is 3.00. The van der Waals surface area contributed by atoms with Crippen LogP contribution in [0.25, 0.3) is 22.3 Å². The van der Waals surface area contributed by atoms with E-state index in [-0.39, 0.29) is 46.2 Å². The minimum atomic E-state index is -0.322. The van der Waals surface area contributed by atoms with Gasteiger partial charge in [0.25, 0.3) is 0 Å². The Labute approximate surface area is 167 Å². The van der Waals surface area contributed by atoms with Crippen LogP contribution in [0.1, 0.15) is 0 Å². The SMILES string of the molecule is COCOc1c(OC)c(OC)c2oc(-c3ccc(OC)cc3)cc(=O)c2c1OC. The molecule has 3 aromatic rings. The Morgan fingerprint density at radius 2 is 1.45 bits per heavy atom. The van der Waals surface area contributed by atoms with Gasteiger partial charge in [-0.05, 0) is 24.3 Å². The number of fused-ring (bicyclic) bond motifs is 1. The first-order valence-electron chi connectivity index (χ1n) is 8.65. The highest BCUT2D eigenvalue weighted by Gasteiger charge is 2.27. The van der Waals surface area contributed by atoms with Crippen molar-refractivity contribution in [2.24, 2.45) is 0 Å². The fourth-order valence-electron chi connectivity index (χ4n) is 3.00. The summed E-state index contributed by atoms with van der Waals surface area (Å²) in [5.74, 6) is 1.84. The van der Waals surface area contributed by atoms with E-state index in [2.05, 4.69) is 0 Å². The smallest absolute Gasteiger partial charge is 0.211 e. The van der Waals surface area contributed by atoms with Crippen LogP contribution in [-0.4, -0.2) is 42.3 Å². The molecule has 0 spiro atoms. The van der Waals surface area contributed by atoms with E-state index in [9.17, 15) is 4.79 Å². The van der Waals surface area contributed by atoms with Gasteiger partial charge in [0.1, 0.15) is 16.9 Å². The standard InChI is InChI=1S/C21H22O8/c1-23-11-28-21-17(25-3)16-14(22)10-15(12-6-8-13(24-2)9-7-12)29-18(16)19(26-4)20(21)27-5/h6-10H,11H2,1-5H3. The molecule has 0 bridgehead atoms. The molecule has 0 aliphatic heterocycles. The summed E-state index contributed by atoms with van der Waals surface area (Å²) in [6, 6.07) is 8.53. The van der Waals surface area contributed by atoms with Crippen LogP contribution >= 0.6 is 0 Å². The fraction of sp³-hybridized carbons (Fsp3) is 0.286. The van der Waals surface area contributed by atoms with Crippen LogP contribution in [0.5, 0.6) is 28.7 Å². The quantitative estimate of drug-likeness (QED) is 0.530. The minimum Gasteiger partial charge on any atom is -0.497 e. The van der Waals surface area contributed by atoms with Crippen LogP contribution in [0.2, 0.25) is 0 Å². The molecule has 8 heteroatoms. The second-order valence-electron chi connectivity index (χ2n) is 5.89. The molecule has 3 rings (SSSR count). The summed E-state index contributed by atoms with van der Waals surface area (Å²) in [6.07, 6.45) is 0. The van der Waals surface area contributed by atoms with Gasteiger partial charge in [-0.2, -0.15) is 0 Å². The van der Waals surface area contributed by atoms with E-state index in [1.54, 1.807) is 31.4 Å². The van der Waals surface area contributed by atoms with Crippen molar-refractivity contribution < 1.29 is 32.8 Å². The summed E-state index contributed by atoms with van der Waals surface area (Å²) in [6.45, 7) is -0.0728. The monoisotopic (exact) mass is 402 g/mol. The van der Waals surface area contributed by atoms with Gasteiger partial charge in [-0.3, -0.25) is 4.79 Å². The van der Waals surface area contributed by atoms with E-state index in [0.29, 0.717) is 17.1 Å². The summed E-state index contributed by atoms with van der Waals surface area (Å²) in [5, 5.41) is 0.175. The zero-order valence-corrected chi connectivity index (χ0v) is 16.9. The van der Waals surface area contributed by atoms with Gasteiger partial charge in [-0.15, -0.1) is 0 Å². The molecule has 0 radical (unpaired) electrons. The van der Waals surface area contributed by atoms with Gasteiger partial charge < -0.3 is 32.8 Å². The van der Waals surface area contributed by atoms with E-state index in [0.717, 1.165) is 0 Å². The summed E-state index contributed by atoms with van der Waals surface area (Å²) >= 11 is 0. The summed E-state index contributed by atoms with van der Waals surface area (Å²) < 4.78 is 38.2. The molecule has 0 saturated heterocycles. The van der Waals surface area contributed by atoms with E-state index in [4.69, 9.17) is 32.8 Å². The maximum absolute atomic E-state index is 13.0. The lowest BCUT2D eigenvalue weighted by Crippen LogP contribution is -2.09. The number of benzene rings is 2. The molecule has 0 unspecified atom stereocenters. The van der Waals surface area contributed by atoms with Crippen LogP contribution < -0.4 is 29.1 Å². The van der Waals surface area contributed by atoms with Gasteiger partial charge in [-0.25, -0.2) is 0 Å². The maximum Gasteiger partial charge on any atom is 0.211 e. The zero-order valence-electron chi connectivity index (χ0n) is 16.9. The first-order chi connectivity index (χ1) is 14.1. The van der Waals surface area contributed by atoms with Crippen molar-refractivity contribution in [1.29, 1.82) is 0 Å². The Hall–Kier alpha value is -3.39. The van der Waals surface area contributed by atoms with Crippen molar-refractivity contribution in [3.63, 3.8) is 0 Å². The summed E-state index contributed by atoms with van der Waals surface area (Å²) in [5.41, 5.74) is 0.561. The zero-order chi connectivity index (χ0) is 21.0. The van der Waals surface area contributed by atoms with Crippen LogP contribution in [0.3, 0.4) is 0 Å². The highest BCUT2D eigenvalue weighted by atomic mass is 16.7. The topological polar surface area (TPSA) is 85.6 Å². The molecular weight excluding hydrogens is 380 g/mol. The van der Waals surface area contributed by atoms with Crippen LogP contribution in [0, 0.1) is 0 Å². The molecule has 0 saturated carbocycles. The Balaban J connectivity index is 2.33. The van der Waals surface area contributed by atoms with Gasteiger partial charge in [0.05, 0.1) is 28.4 Å². The van der Waals surface area contributed by atoms with E-state index in [1.807, 2.05) is 0 Å². The lowest BCUT2D eigenvalue weighted by atomic mass is 10.1. The second kappa shape index (κ2) is 8.74. The van der Waals surface area contributed by atoms with Crippen molar-refractivity contribution >= 4 is 11.0 Å². The van der Waals surface area contributed by atoms with E-state index in [1.165, 1.54) is 34.5 Å². The first-order valence-corrected chi connectivity index (χ1v) is 8.65. The molecule has 1 heterocycles. The molecule has 0 amide bonds. The number of hydrogen-bond acceptors (Lipinski definition) is 8. The van der Waals surface area contributed by atoms with Gasteiger partial charge in [0.2, 0.25) is 17.2 Å². The molecular formula is C21H22O8. The van der Waals surface area contributed by atoms with E-state index < -0.39 is 0 Å². The number of hydrogen-bond donors (Lipinski definition) is 0. The third-order valence-corrected chi connectivity index (χ3v) is 4.31. The van der Waals surface area contributed by atoms with Crippen molar-refractivity contribution in [2.75, 3.05) is 42.3 Å². The molecule has 154 valence electrons. The van der Waals surface area contributed by atoms with Crippen LogP contribution in [0.15, 0.2) is 39.5 Å². The first kappa shape index (κ1) is 20.3. The molecule has 0 aliphatic carbocycles. The summed E-state index contributed by atoms with van der Waals surface area (Å²) in [4.78, 5) is 13.0. The number of ether oxygens (including phenoxy) is 6. The molecule has 29 heavy (non-hydrogen) atoms. The third kappa shape index (κ3) is 3.66. The van der Waals surface area contributed by atoms with Crippen molar-refractivity contribution in [2.45, 2.75) is 0 Å². The molecule has 8 nitrogen and oxygen atoms in total. The lowest BCUT2D eigenvalue weighted by molar-refractivity contribution is 0.0470. The molecule has 2 aromatic carbocycles. The maximum atomic E-state index is 13.0. The van der Waals surface area contributed by atoms with Crippen LogP contribution in [-0.2, 0) is 4.74 Å². The van der Waals surface area contributed by atoms with Gasteiger partial charge >= 0.3 is 0 Å². The average molecular weight is 402 g/mol. The van der Waals surface area contributed by atoms with Crippen molar-refractivity contribution in [3.8, 4) is 40.1 Å². The molecule has 0 atom stereocenters. The largest absolute Gasteiger partial charge is 0.497 e. The Kier molecular flexibility index (Phi) is 6.13. The molecule has 1 aromatic heterocycles. The second-order valence-corrected chi connectivity index (χ2v) is 5.89. The third-order valence-electron chi connectivity index (χ3n) is 4.31. The van der Waals surface area contributed by atoms with Gasteiger partial charge in [-0.1, -0.05) is 0 Å². The molecule has 0 N–H and O–H groups in total. The average Bonchev–Trinajstić information content (AvgIpc) is 2.76. The highest BCUT2D eigenvalue weighted by Crippen LogP contribution is 2.50. The Morgan fingerprint density at radius 1 is 0.793 bits per heavy atom. The normalized spacial score (nSPS) is 10.7. The molecule has 0 fully saturated rings. The van der Waals surface area contributed by atoms with Gasteiger partial charge in [0.15, 0.2) is 23.6 Å². The predicted molar refractivity (Wildman–Crippen MR) is 107 cm³/mol. The lowest BCUT2D eigenvalue weighted by Gasteiger charge is -2.18. The Bertz CT molecular complexity index is 1050. The number of methoxy groups -OCH3 is 5.